The van der Waals surface area contributed by atoms with Crippen LogP contribution in [0.2, 0.25) is 0 Å². The predicted octanol–water partition coefficient (Wildman–Crippen LogP) is -0.849. The Bertz CT molecular complexity index is 549. The van der Waals surface area contributed by atoms with E-state index in [1.54, 1.807) is 7.11 Å². The fourth-order valence-corrected chi connectivity index (χ4v) is 2.46. The number of methoxy groups -OCH3 is 1. The molecule has 8 heteroatoms. The summed E-state index contributed by atoms with van der Waals surface area (Å²) in [5, 5.41) is 15.3. The van der Waals surface area contributed by atoms with Crippen LogP contribution in [0.5, 0.6) is 5.75 Å². The smallest absolute Gasteiger partial charge is 0.407 e. The van der Waals surface area contributed by atoms with Gasteiger partial charge in [0.1, 0.15) is 18.0 Å². The van der Waals surface area contributed by atoms with Crippen LogP contribution < -0.4 is 21.1 Å². The number of amides is 2. The average Bonchev–Trinajstić information content (AvgIpc) is 2.87. The molecule has 1 aliphatic rings. The molecule has 1 aliphatic heterocycles. The number of carbonyl (C=O) groups is 2. The molecule has 0 spiro atoms. The summed E-state index contributed by atoms with van der Waals surface area (Å²) in [7, 11) is 1.60. The fraction of sp³-hybridized carbons (Fsp3) is 0.467. The molecule has 3 atom stereocenters. The molecule has 0 aliphatic carbocycles. The van der Waals surface area contributed by atoms with Crippen molar-refractivity contribution in [3.63, 3.8) is 0 Å². The number of aliphatic hydroxyl groups excluding tert-OH is 1. The Morgan fingerprint density at radius 2 is 2.09 bits per heavy atom. The number of benzene rings is 1. The second kappa shape index (κ2) is 7.80. The SMILES string of the molecule is COc1ccc(C[C@H]2NC[C@H](O)[C@H]2OC(=O)NCC(N)=O)cc1. The minimum atomic E-state index is -0.808. The van der Waals surface area contributed by atoms with Crippen molar-refractivity contribution in [1.82, 2.24) is 10.6 Å². The molecule has 1 aromatic rings. The summed E-state index contributed by atoms with van der Waals surface area (Å²) < 4.78 is 10.3. The zero-order valence-corrected chi connectivity index (χ0v) is 12.8. The molecule has 126 valence electrons. The Balaban J connectivity index is 1.94. The summed E-state index contributed by atoms with van der Waals surface area (Å²) in [6.07, 6.45) is -1.71. The number of carbonyl (C=O) groups excluding carboxylic acids is 2. The molecular weight excluding hydrogens is 302 g/mol. The molecule has 1 saturated heterocycles. The number of hydrogen-bond acceptors (Lipinski definition) is 6. The van der Waals surface area contributed by atoms with Crippen LogP contribution in [-0.4, -0.2) is 55.6 Å². The highest BCUT2D eigenvalue weighted by Gasteiger charge is 2.37. The van der Waals surface area contributed by atoms with Crippen molar-refractivity contribution in [2.45, 2.75) is 24.7 Å². The number of ether oxygens (including phenoxy) is 2. The second-order valence-electron chi connectivity index (χ2n) is 5.32. The molecule has 0 unspecified atom stereocenters. The lowest BCUT2D eigenvalue weighted by molar-refractivity contribution is -0.117. The van der Waals surface area contributed by atoms with Crippen LogP contribution in [0, 0.1) is 0 Å². The number of alkyl carbamates (subject to hydrolysis) is 1. The van der Waals surface area contributed by atoms with Gasteiger partial charge in [0.05, 0.1) is 19.7 Å². The highest BCUT2D eigenvalue weighted by Crippen LogP contribution is 2.19. The van der Waals surface area contributed by atoms with Crippen LogP contribution in [0.3, 0.4) is 0 Å². The minimum Gasteiger partial charge on any atom is -0.497 e. The van der Waals surface area contributed by atoms with Crippen molar-refractivity contribution >= 4 is 12.0 Å². The fourth-order valence-electron chi connectivity index (χ4n) is 2.46. The first-order valence-corrected chi connectivity index (χ1v) is 7.26. The van der Waals surface area contributed by atoms with Crippen molar-refractivity contribution in [1.29, 1.82) is 0 Å². The number of primary amides is 1. The van der Waals surface area contributed by atoms with Gasteiger partial charge in [0.2, 0.25) is 5.91 Å². The Labute approximate surface area is 133 Å². The van der Waals surface area contributed by atoms with Crippen LogP contribution >= 0.6 is 0 Å². The third kappa shape index (κ3) is 4.83. The molecule has 2 amide bonds. The maximum atomic E-state index is 11.6. The van der Waals surface area contributed by atoms with E-state index in [-0.39, 0.29) is 12.6 Å². The Hall–Kier alpha value is -2.32. The van der Waals surface area contributed by atoms with Gasteiger partial charge in [-0.3, -0.25) is 4.79 Å². The maximum absolute atomic E-state index is 11.6. The van der Waals surface area contributed by atoms with Gasteiger partial charge >= 0.3 is 6.09 Å². The van der Waals surface area contributed by atoms with Gasteiger partial charge in [-0.1, -0.05) is 12.1 Å². The van der Waals surface area contributed by atoms with E-state index in [0.29, 0.717) is 13.0 Å². The minimum absolute atomic E-state index is 0.224. The third-order valence-corrected chi connectivity index (χ3v) is 3.63. The van der Waals surface area contributed by atoms with E-state index >= 15 is 0 Å². The molecule has 5 N–H and O–H groups in total. The number of aliphatic hydroxyl groups is 1. The Morgan fingerprint density at radius 1 is 1.39 bits per heavy atom. The molecule has 1 aromatic carbocycles. The largest absolute Gasteiger partial charge is 0.497 e. The second-order valence-corrected chi connectivity index (χ2v) is 5.32. The van der Waals surface area contributed by atoms with Crippen LogP contribution in [0.4, 0.5) is 4.79 Å². The monoisotopic (exact) mass is 323 g/mol. The van der Waals surface area contributed by atoms with Crippen molar-refractivity contribution in [3.05, 3.63) is 29.8 Å². The standard InChI is InChI=1S/C15H21N3O5/c1-22-10-4-2-9(3-5-10)6-11-14(12(19)7-17-11)23-15(21)18-8-13(16)20/h2-5,11-12,14,17,19H,6-8H2,1H3,(H2,16,20)(H,18,21)/t11-,12+,14+/m1/s1. The number of hydrogen-bond donors (Lipinski definition) is 4. The lowest BCUT2D eigenvalue weighted by Gasteiger charge is -2.22. The van der Waals surface area contributed by atoms with E-state index in [2.05, 4.69) is 10.6 Å². The van der Waals surface area contributed by atoms with E-state index < -0.39 is 24.2 Å². The van der Waals surface area contributed by atoms with E-state index in [9.17, 15) is 14.7 Å². The van der Waals surface area contributed by atoms with Crippen LogP contribution in [0.25, 0.3) is 0 Å². The summed E-state index contributed by atoms with van der Waals surface area (Å²) in [5.74, 6) is 0.0913. The van der Waals surface area contributed by atoms with E-state index in [1.165, 1.54) is 0 Å². The summed E-state index contributed by atoms with van der Waals surface area (Å²) >= 11 is 0. The topological polar surface area (TPSA) is 123 Å². The number of rotatable bonds is 6. The maximum Gasteiger partial charge on any atom is 0.407 e. The highest BCUT2D eigenvalue weighted by atomic mass is 16.6. The summed E-state index contributed by atoms with van der Waals surface area (Å²) in [6.45, 7) is 0.0206. The molecular formula is C15H21N3O5. The summed E-state index contributed by atoms with van der Waals surface area (Å²) in [6, 6.07) is 7.29. The van der Waals surface area contributed by atoms with Gasteiger partial charge in [-0.05, 0) is 24.1 Å². The molecule has 8 nitrogen and oxygen atoms in total. The van der Waals surface area contributed by atoms with Crippen molar-refractivity contribution < 1.29 is 24.2 Å². The van der Waals surface area contributed by atoms with E-state index in [1.807, 2.05) is 24.3 Å². The van der Waals surface area contributed by atoms with Gasteiger partial charge in [-0.25, -0.2) is 4.79 Å². The molecule has 0 bridgehead atoms. The zero-order chi connectivity index (χ0) is 16.8. The van der Waals surface area contributed by atoms with Crippen molar-refractivity contribution in [3.8, 4) is 5.75 Å². The average molecular weight is 323 g/mol. The van der Waals surface area contributed by atoms with Crippen LogP contribution in [0.1, 0.15) is 5.56 Å². The summed E-state index contributed by atoms with van der Waals surface area (Å²) in [5.41, 5.74) is 5.97. The van der Waals surface area contributed by atoms with Gasteiger partial charge in [0, 0.05) is 6.54 Å². The predicted molar refractivity (Wildman–Crippen MR) is 82.0 cm³/mol. The molecule has 1 heterocycles. The van der Waals surface area contributed by atoms with Gasteiger partial charge in [-0.2, -0.15) is 0 Å². The number of nitrogens with two attached hydrogens (primary N) is 1. The Kier molecular flexibility index (Phi) is 5.78. The first kappa shape index (κ1) is 17.0. The third-order valence-electron chi connectivity index (χ3n) is 3.63. The molecule has 1 fully saturated rings. The Morgan fingerprint density at radius 3 is 2.70 bits per heavy atom. The number of β-amino-alcohol motifs (C(OH)–C–C–N with tert-alkyl or cyclic N) is 1. The normalized spacial score (nSPS) is 23.3. The van der Waals surface area contributed by atoms with E-state index in [0.717, 1.165) is 11.3 Å². The van der Waals surface area contributed by atoms with Gasteiger partial charge < -0.3 is 30.9 Å². The molecule has 0 aromatic heterocycles. The summed E-state index contributed by atoms with van der Waals surface area (Å²) in [4.78, 5) is 22.3. The molecule has 0 saturated carbocycles. The highest BCUT2D eigenvalue weighted by molar-refractivity contribution is 5.80. The van der Waals surface area contributed by atoms with Crippen molar-refractivity contribution in [2.75, 3.05) is 20.2 Å². The number of nitrogens with one attached hydrogen (secondary N) is 2. The first-order chi connectivity index (χ1) is 11.0. The lowest BCUT2D eigenvalue weighted by Crippen LogP contribution is -2.43. The van der Waals surface area contributed by atoms with Gasteiger partial charge in [0.15, 0.2) is 0 Å². The van der Waals surface area contributed by atoms with Gasteiger partial charge in [0.25, 0.3) is 0 Å². The van der Waals surface area contributed by atoms with Crippen molar-refractivity contribution in [2.24, 2.45) is 5.73 Å². The quantitative estimate of drug-likeness (QED) is 0.541. The molecule has 2 rings (SSSR count). The molecule has 0 radical (unpaired) electrons. The van der Waals surface area contributed by atoms with E-state index in [4.69, 9.17) is 15.2 Å². The van der Waals surface area contributed by atoms with Gasteiger partial charge in [-0.15, -0.1) is 0 Å². The zero-order valence-electron chi connectivity index (χ0n) is 12.8. The first-order valence-electron chi connectivity index (χ1n) is 7.26. The van der Waals surface area contributed by atoms with Crippen LogP contribution in [-0.2, 0) is 16.0 Å². The van der Waals surface area contributed by atoms with Crippen LogP contribution in [0.15, 0.2) is 24.3 Å². The molecule has 23 heavy (non-hydrogen) atoms. The lowest BCUT2D eigenvalue weighted by atomic mass is 10.0.